The first-order valence-electron chi connectivity index (χ1n) is 6.36. The van der Waals surface area contributed by atoms with Crippen LogP contribution in [0.3, 0.4) is 0 Å². The zero-order valence-corrected chi connectivity index (χ0v) is 12.5. The number of benzene rings is 1. The predicted octanol–water partition coefficient (Wildman–Crippen LogP) is 0.572. The van der Waals surface area contributed by atoms with Crippen molar-refractivity contribution in [1.29, 1.82) is 10.5 Å². The van der Waals surface area contributed by atoms with Gasteiger partial charge >= 0.3 is 0 Å². The lowest BCUT2D eigenvalue weighted by atomic mass is 9.96. The highest BCUT2D eigenvalue weighted by Crippen LogP contribution is 2.35. The summed E-state index contributed by atoms with van der Waals surface area (Å²) in [6.07, 6.45) is 0. The molecule has 1 heterocycles. The van der Waals surface area contributed by atoms with Gasteiger partial charge in [0.25, 0.3) is 5.56 Å². The number of nitrogens with zero attached hydrogens (tertiary/aromatic N) is 3. The Morgan fingerprint density at radius 1 is 1.09 bits per heavy atom. The summed E-state index contributed by atoms with van der Waals surface area (Å²) in [5.41, 5.74) is 5.14. The van der Waals surface area contributed by atoms with Crippen LogP contribution >= 0.6 is 0 Å². The van der Waals surface area contributed by atoms with Crippen LogP contribution in [0.1, 0.15) is 11.1 Å². The molecule has 0 aliphatic carbocycles. The first-order valence-corrected chi connectivity index (χ1v) is 6.36. The Balaban J connectivity index is 2.92. The molecular weight excluding hydrogens is 298 g/mol. The van der Waals surface area contributed by atoms with Gasteiger partial charge in [0, 0.05) is 5.56 Å². The van der Waals surface area contributed by atoms with E-state index in [0.29, 0.717) is 21.7 Å². The second-order valence-corrected chi connectivity index (χ2v) is 4.48. The molecule has 0 saturated heterocycles. The number of nitrogens with two attached hydrogens (primary N) is 2. The van der Waals surface area contributed by atoms with Crippen molar-refractivity contribution in [1.82, 2.24) is 4.68 Å². The highest BCUT2D eigenvalue weighted by atomic mass is 16.5. The summed E-state index contributed by atoms with van der Waals surface area (Å²) in [7, 11) is 2.93. The van der Waals surface area contributed by atoms with Crippen LogP contribution in [0.4, 0.5) is 5.82 Å². The molecule has 0 aliphatic heterocycles. The van der Waals surface area contributed by atoms with Crippen molar-refractivity contribution in [2.75, 3.05) is 25.8 Å². The molecule has 0 spiro atoms. The number of pyridine rings is 1. The monoisotopic (exact) mass is 311 g/mol. The van der Waals surface area contributed by atoms with Crippen LogP contribution in [0.15, 0.2) is 23.0 Å². The van der Waals surface area contributed by atoms with Gasteiger partial charge in [-0.25, -0.2) is 4.68 Å². The van der Waals surface area contributed by atoms with Crippen molar-refractivity contribution in [2.45, 2.75) is 0 Å². The summed E-state index contributed by atoms with van der Waals surface area (Å²) in [6, 6.07) is 8.41. The lowest BCUT2D eigenvalue weighted by Gasteiger charge is -2.14. The van der Waals surface area contributed by atoms with E-state index in [0.717, 1.165) is 0 Å². The number of rotatable bonds is 3. The van der Waals surface area contributed by atoms with E-state index in [2.05, 4.69) is 0 Å². The number of methoxy groups -OCH3 is 2. The fourth-order valence-electron chi connectivity index (χ4n) is 2.21. The quantitative estimate of drug-likeness (QED) is 0.789. The number of hydrogen-bond donors (Lipinski definition) is 2. The Labute approximate surface area is 131 Å². The molecule has 116 valence electrons. The van der Waals surface area contributed by atoms with Gasteiger partial charge in [0.05, 0.1) is 14.2 Å². The van der Waals surface area contributed by atoms with Crippen molar-refractivity contribution in [2.24, 2.45) is 0 Å². The van der Waals surface area contributed by atoms with E-state index in [-0.39, 0.29) is 22.5 Å². The Morgan fingerprint density at radius 2 is 1.70 bits per heavy atom. The summed E-state index contributed by atoms with van der Waals surface area (Å²) < 4.78 is 10.9. The van der Waals surface area contributed by atoms with Crippen molar-refractivity contribution in [3.63, 3.8) is 0 Å². The molecule has 2 rings (SSSR count). The molecule has 0 amide bonds. The van der Waals surface area contributed by atoms with Gasteiger partial charge in [-0.3, -0.25) is 4.79 Å². The van der Waals surface area contributed by atoms with Gasteiger partial charge in [-0.15, -0.1) is 0 Å². The molecule has 2 aromatic rings. The Bertz CT molecular complexity index is 919. The minimum Gasteiger partial charge on any atom is -0.493 e. The molecule has 0 atom stereocenters. The van der Waals surface area contributed by atoms with E-state index in [1.165, 1.54) is 14.2 Å². The maximum atomic E-state index is 12.1. The van der Waals surface area contributed by atoms with E-state index >= 15 is 0 Å². The third-order valence-electron chi connectivity index (χ3n) is 3.34. The third-order valence-corrected chi connectivity index (χ3v) is 3.34. The fraction of sp³-hybridized carbons (Fsp3) is 0.133. The lowest BCUT2D eigenvalue weighted by molar-refractivity contribution is 0.355. The van der Waals surface area contributed by atoms with Crippen LogP contribution in [0.2, 0.25) is 0 Å². The van der Waals surface area contributed by atoms with Crippen molar-refractivity contribution >= 4 is 5.82 Å². The second-order valence-electron chi connectivity index (χ2n) is 4.48. The lowest BCUT2D eigenvalue weighted by Crippen LogP contribution is -2.33. The molecule has 0 saturated carbocycles. The summed E-state index contributed by atoms with van der Waals surface area (Å²) >= 11 is 0. The van der Waals surface area contributed by atoms with E-state index in [1.807, 2.05) is 6.07 Å². The zero-order valence-electron chi connectivity index (χ0n) is 12.5. The Morgan fingerprint density at radius 3 is 2.22 bits per heavy atom. The van der Waals surface area contributed by atoms with Crippen molar-refractivity contribution in [3.8, 4) is 34.8 Å². The standard InChI is InChI=1S/C15H13N5O3/c1-22-11-4-3-8(5-12(11)23-2)13-9(6-16)14(18)20(19)15(21)10(13)7-17/h3-5H,18-19H2,1-2H3. The molecule has 0 aliphatic rings. The molecule has 0 unspecified atom stereocenters. The van der Waals surface area contributed by atoms with E-state index < -0.39 is 5.56 Å². The maximum Gasteiger partial charge on any atom is 0.289 e. The SMILES string of the molecule is COc1ccc(-c2c(C#N)c(N)n(N)c(=O)c2C#N)cc1OC. The molecule has 8 heteroatoms. The minimum atomic E-state index is -0.784. The third kappa shape index (κ3) is 2.39. The number of aromatic nitrogens is 1. The maximum absolute atomic E-state index is 12.1. The molecule has 0 bridgehead atoms. The zero-order chi connectivity index (χ0) is 17.1. The van der Waals surface area contributed by atoms with Crippen molar-refractivity contribution < 1.29 is 9.47 Å². The molecule has 1 aromatic heterocycles. The number of nitrogen functional groups attached to an aromatic ring is 2. The Kier molecular flexibility index (Phi) is 4.10. The number of ether oxygens (including phenoxy) is 2. The normalized spacial score (nSPS) is 9.74. The van der Waals surface area contributed by atoms with Crippen LogP contribution in [-0.4, -0.2) is 18.9 Å². The number of anilines is 1. The first-order chi connectivity index (χ1) is 11.0. The van der Waals surface area contributed by atoms with Crippen LogP contribution in [0.5, 0.6) is 11.5 Å². The molecule has 23 heavy (non-hydrogen) atoms. The highest BCUT2D eigenvalue weighted by Gasteiger charge is 2.21. The Hall–Kier alpha value is -3.65. The van der Waals surface area contributed by atoms with E-state index in [4.69, 9.17) is 21.1 Å². The average molecular weight is 311 g/mol. The van der Waals surface area contributed by atoms with Crippen LogP contribution in [0.25, 0.3) is 11.1 Å². The van der Waals surface area contributed by atoms with Gasteiger partial charge in [-0.05, 0) is 17.7 Å². The number of hydrogen-bond acceptors (Lipinski definition) is 7. The summed E-state index contributed by atoms with van der Waals surface area (Å²) in [5.74, 6) is 6.14. The molecule has 8 nitrogen and oxygen atoms in total. The largest absolute Gasteiger partial charge is 0.493 e. The van der Waals surface area contributed by atoms with Gasteiger partial charge in [0.1, 0.15) is 29.1 Å². The molecule has 4 N–H and O–H groups in total. The van der Waals surface area contributed by atoms with E-state index in [1.54, 1.807) is 24.3 Å². The van der Waals surface area contributed by atoms with Crippen LogP contribution in [-0.2, 0) is 0 Å². The molecule has 0 radical (unpaired) electrons. The second kappa shape index (κ2) is 6.00. The summed E-state index contributed by atoms with van der Waals surface area (Å²) in [5, 5.41) is 18.7. The first kappa shape index (κ1) is 15.7. The van der Waals surface area contributed by atoms with Gasteiger partial charge in [0.15, 0.2) is 11.5 Å². The number of nitriles is 2. The highest BCUT2D eigenvalue weighted by molar-refractivity contribution is 5.81. The van der Waals surface area contributed by atoms with Gasteiger partial charge in [-0.2, -0.15) is 10.5 Å². The van der Waals surface area contributed by atoms with Crippen LogP contribution < -0.4 is 26.6 Å². The van der Waals surface area contributed by atoms with Gasteiger partial charge in [-0.1, -0.05) is 6.07 Å². The minimum absolute atomic E-state index is 0.0594. The van der Waals surface area contributed by atoms with Crippen molar-refractivity contribution in [3.05, 3.63) is 39.7 Å². The predicted molar refractivity (Wildman–Crippen MR) is 83.2 cm³/mol. The van der Waals surface area contributed by atoms with Gasteiger partial charge < -0.3 is 21.1 Å². The molecule has 1 aromatic carbocycles. The topological polar surface area (TPSA) is 140 Å². The van der Waals surface area contributed by atoms with E-state index in [9.17, 15) is 15.3 Å². The smallest absolute Gasteiger partial charge is 0.289 e. The summed E-state index contributed by atoms with van der Waals surface area (Å²) in [6.45, 7) is 0. The molecule has 0 fully saturated rings. The van der Waals surface area contributed by atoms with Gasteiger partial charge in [0.2, 0.25) is 0 Å². The fourth-order valence-corrected chi connectivity index (χ4v) is 2.21. The summed E-state index contributed by atoms with van der Waals surface area (Å²) in [4.78, 5) is 12.1. The van der Waals surface area contributed by atoms with Crippen LogP contribution in [0, 0.1) is 22.7 Å². The molecular formula is C15H13N5O3. The average Bonchev–Trinajstić information content (AvgIpc) is 2.58.